The Kier molecular flexibility index (Phi) is 4.28. The van der Waals surface area contributed by atoms with Gasteiger partial charge in [-0.2, -0.15) is 0 Å². The van der Waals surface area contributed by atoms with Crippen LogP contribution < -0.4 is 10.1 Å². The van der Waals surface area contributed by atoms with E-state index < -0.39 is 0 Å². The summed E-state index contributed by atoms with van der Waals surface area (Å²) in [6.07, 6.45) is 3.34. The van der Waals surface area contributed by atoms with E-state index in [0.717, 1.165) is 50.5 Å². The summed E-state index contributed by atoms with van der Waals surface area (Å²) >= 11 is 0. The van der Waals surface area contributed by atoms with Crippen molar-refractivity contribution >= 4 is 33.6 Å². The minimum absolute atomic E-state index is 0.678. The predicted molar refractivity (Wildman–Crippen MR) is 117 cm³/mol. The number of hydrogen-bond donors (Lipinski definition) is 1. The van der Waals surface area contributed by atoms with Crippen molar-refractivity contribution in [3.8, 4) is 11.5 Å². The molecule has 3 heterocycles. The molecule has 2 aromatic carbocycles. The molecule has 0 saturated heterocycles. The van der Waals surface area contributed by atoms with E-state index in [9.17, 15) is 0 Å². The van der Waals surface area contributed by atoms with Gasteiger partial charge in [-0.3, -0.25) is 0 Å². The first-order chi connectivity index (χ1) is 14.6. The van der Waals surface area contributed by atoms with Gasteiger partial charge in [0.15, 0.2) is 5.82 Å². The molecule has 0 atom stereocenters. The Morgan fingerprint density at radius 3 is 2.67 bits per heavy atom. The summed E-state index contributed by atoms with van der Waals surface area (Å²) in [6.45, 7) is 3.97. The van der Waals surface area contributed by atoms with Gasteiger partial charge in [0.2, 0.25) is 0 Å². The molecule has 0 saturated carbocycles. The van der Waals surface area contributed by atoms with E-state index in [1.807, 2.05) is 74.0 Å². The first kappa shape index (κ1) is 18.1. The average Bonchev–Trinajstić information content (AvgIpc) is 3.11. The van der Waals surface area contributed by atoms with Gasteiger partial charge in [0.05, 0.1) is 22.9 Å². The molecule has 0 bridgehead atoms. The molecule has 7 heteroatoms. The maximum Gasteiger partial charge on any atom is 0.160 e. The van der Waals surface area contributed by atoms with E-state index in [2.05, 4.69) is 25.3 Å². The first-order valence-electron chi connectivity index (χ1n) is 9.62. The maximum atomic E-state index is 6.10. The van der Waals surface area contributed by atoms with Crippen LogP contribution in [-0.4, -0.2) is 24.5 Å². The Hall–Kier alpha value is -4.00. The minimum atomic E-state index is 0.678. The van der Waals surface area contributed by atoms with Gasteiger partial charge in [0.1, 0.15) is 23.3 Å². The largest absolute Gasteiger partial charge is 0.457 e. The molecule has 0 spiro atoms. The number of benzene rings is 2. The van der Waals surface area contributed by atoms with E-state index >= 15 is 0 Å². The molecule has 7 nitrogen and oxygen atoms in total. The minimum Gasteiger partial charge on any atom is -0.457 e. The van der Waals surface area contributed by atoms with Gasteiger partial charge < -0.3 is 14.6 Å². The van der Waals surface area contributed by atoms with Crippen LogP contribution in [0.5, 0.6) is 11.5 Å². The molecule has 148 valence electrons. The van der Waals surface area contributed by atoms with E-state index in [-0.39, 0.29) is 0 Å². The normalized spacial score (nSPS) is 11.2. The third-order valence-electron chi connectivity index (χ3n) is 4.98. The maximum absolute atomic E-state index is 6.10. The highest BCUT2D eigenvalue weighted by atomic mass is 16.5. The molecule has 0 radical (unpaired) electrons. The summed E-state index contributed by atoms with van der Waals surface area (Å²) in [7, 11) is 1.98. The number of aromatic nitrogens is 5. The third-order valence-corrected chi connectivity index (χ3v) is 4.98. The number of rotatable bonds is 4. The molecule has 0 amide bonds. The molecule has 0 aliphatic heterocycles. The van der Waals surface area contributed by atoms with Gasteiger partial charge in [-0.05, 0) is 61.9 Å². The molecule has 0 aliphatic carbocycles. The Balaban J connectivity index is 1.41. The fourth-order valence-electron chi connectivity index (χ4n) is 3.41. The molecule has 3 aromatic heterocycles. The average molecular weight is 396 g/mol. The molecule has 5 rings (SSSR count). The van der Waals surface area contributed by atoms with Crippen molar-refractivity contribution in [1.29, 1.82) is 0 Å². The van der Waals surface area contributed by atoms with Crippen molar-refractivity contribution in [3.63, 3.8) is 0 Å². The van der Waals surface area contributed by atoms with Crippen LogP contribution in [0.15, 0.2) is 61.2 Å². The van der Waals surface area contributed by atoms with Gasteiger partial charge in [-0.1, -0.05) is 0 Å². The van der Waals surface area contributed by atoms with Gasteiger partial charge in [0.25, 0.3) is 0 Å². The highest BCUT2D eigenvalue weighted by Crippen LogP contribution is 2.30. The second-order valence-corrected chi connectivity index (χ2v) is 7.26. The van der Waals surface area contributed by atoms with Crippen LogP contribution in [-0.2, 0) is 7.05 Å². The van der Waals surface area contributed by atoms with Crippen molar-refractivity contribution in [2.45, 2.75) is 13.8 Å². The zero-order valence-electron chi connectivity index (χ0n) is 16.9. The highest BCUT2D eigenvalue weighted by molar-refractivity contribution is 5.87. The van der Waals surface area contributed by atoms with Crippen molar-refractivity contribution in [2.24, 2.45) is 7.05 Å². The lowest BCUT2D eigenvalue weighted by Crippen LogP contribution is -1.99. The van der Waals surface area contributed by atoms with Crippen LogP contribution in [0.25, 0.3) is 22.1 Å². The first-order valence-corrected chi connectivity index (χ1v) is 9.62. The van der Waals surface area contributed by atoms with E-state index in [1.54, 1.807) is 12.7 Å². The van der Waals surface area contributed by atoms with Crippen LogP contribution in [0, 0.1) is 13.8 Å². The smallest absolute Gasteiger partial charge is 0.160 e. The standard InChI is InChI=1S/C23H20N6O/c1-14-10-16(28-23-22-18(24-12-25-23)7-4-15(2)27-22)5-9-21(14)30-17-6-8-20-19(11-17)26-13-29(20)3/h4-13H,1-3H3,(H,24,25,28). The summed E-state index contributed by atoms with van der Waals surface area (Å²) in [6, 6.07) is 15.7. The van der Waals surface area contributed by atoms with E-state index in [0.29, 0.717) is 5.82 Å². The molecule has 30 heavy (non-hydrogen) atoms. The Bertz CT molecular complexity index is 1390. The fraction of sp³-hybridized carbons (Fsp3) is 0.130. The van der Waals surface area contributed by atoms with Crippen molar-refractivity contribution in [1.82, 2.24) is 24.5 Å². The molecule has 1 N–H and O–H groups in total. The van der Waals surface area contributed by atoms with Crippen LogP contribution >= 0.6 is 0 Å². The summed E-state index contributed by atoms with van der Waals surface area (Å²) < 4.78 is 8.09. The van der Waals surface area contributed by atoms with Gasteiger partial charge in [-0.25, -0.2) is 19.9 Å². The second-order valence-electron chi connectivity index (χ2n) is 7.26. The molecular formula is C23H20N6O. The van der Waals surface area contributed by atoms with Crippen LogP contribution in [0.2, 0.25) is 0 Å². The number of hydrogen-bond acceptors (Lipinski definition) is 6. The number of fused-ring (bicyclic) bond motifs is 2. The summed E-state index contributed by atoms with van der Waals surface area (Å²) in [5.41, 5.74) is 6.36. The predicted octanol–water partition coefficient (Wildman–Crippen LogP) is 5.06. The summed E-state index contributed by atoms with van der Waals surface area (Å²) in [5.74, 6) is 2.22. The second kappa shape index (κ2) is 7.11. The number of pyridine rings is 1. The number of aryl methyl sites for hydroxylation is 3. The molecular weight excluding hydrogens is 376 g/mol. The Morgan fingerprint density at radius 2 is 1.80 bits per heavy atom. The number of ether oxygens (including phenoxy) is 1. The van der Waals surface area contributed by atoms with Crippen molar-refractivity contribution in [2.75, 3.05) is 5.32 Å². The number of anilines is 2. The number of imidazole rings is 1. The summed E-state index contributed by atoms with van der Waals surface area (Å²) in [5, 5.41) is 3.35. The lowest BCUT2D eigenvalue weighted by atomic mass is 10.2. The molecule has 0 unspecified atom stereocenters. The van der Waals surface area contributed by atoms with Crippen LogP contribution in [0.4, 0.5) is 11.5 Å². The van der Waals surface area contributed by atoms with Gasteiger partial charge in [-0.15, -0.1) is 0 Å². The zero-order valence-corrected chi connectivity index (χ0v) is 16.9. The van der Waals surface area contributed by atoms with Gasteiger partial charge in [0, 0.05) is 24.5 Å². The van der Waals surface area contributed by atoms with Crippen molar-refractivity contribution < 1.29 is 4.74 Å². The van der Waals surface area contributed by atoms with E-state index in [4.69, 9.17) is 4.74 Å². The van der Waals surface area contributed by atoms with E-state index in [1.165, 1.54) is 0 Å². The Morgan fingerprint density at radius 1 is 0.900 bits per heavy atom. The molecule has 5 aromatic rings. The quantitative estimate of drug-likeness (QED) is 0.457. The zero-order chi connectivity index (χ0) is 20.7. The topological polar surface area (TPSA) is 77.8 Å². The third kappa shape index (κ3) is 3.30. The molecule has 0 aliphatic rings. The van der Waals surface area contributed by atoms with Crippen LogP contribution in [0.1, 0.15) is 11.3 Å². The molecule has 0 fully saturated rings. The number of nitrogens with one attached hydrogen (secondary N) is 1. The number of nitrogens with zero attached hydrogens (tertiary/aromatic N) is 5. The monoisotopic (exact) mass is 396 g/mol. The SMILES string of the molecule is Cc1ccc2ncnc(Nc3ccc(Oc4ccc5c(c4)ncn5C)c(C)c3)c2n1. The Labute approximate surface area is 173 Å². The van der Waals surface area contributed by atoms with Gasteiger partial charge >= 0.3 is 0 Å². The fourth-order valence-corrected chi connectivity index (χ4v) is 3.41. The highest BCUT2D eigenvalue weighted by Gasteiger charge is 2.09. The lowest BCUT2D eigenvalue weighted by Gasteiger charge is -2.12. The lowest BCUT2D eigenvalue weighted by molar-refractivity contribution is 0.479. The summed E-state index contributed by atoms with van der Waals surface area (Å²) in [4.78, 5) is 17.6. The van der Waals surface area contributed by atoms with Crippen molar-refractivity contribution in [3.05, 3.63) is 72.4 Å². The van der Waals surface area contributed by atoms with Crippen LogP contribution in [0.3, 0.4) is 0 Å².